The second-order valence-corrected chi connectivity index (χ2v) is 8.34. The lowest BCUT2D eigenvalue weighted by atomic mass is 10.3. The standard InChI is InChI=1S/C18H13N3O3S3/c22-15(20-17-19-12-5-1-2-6-13(12)26-17)7-8-21-16(23)14(27-18(21)25)10-11-4-3-9-24-11/h1-6,9-10H,7-8H2,(H,19,20,22)/b14-10+. The van der Waals surface area contributed by atoms with Gasteiger partial charge in [-0.25, -0.2) is 4.98 Å². The second-order valence-electron chi connectivity index (χ2n) is 5.63. The number of thiazole rings is 1. The second kappa shape index (κ2) is 7.63. The maximum Gasteiger partial charge on any atom is 0.266 e. The van der Waals surface area contributed by atoms with Crippen LogP contribution >= 0.6 is 35.3 Å². The molecule has 6 nitrogen and oxygen atoms in total. The molecule has 4 rings (SSSR count). The van der Waals surface area contributed by atoms with E-state index >= 15 is 0 Å². The van der Waals surface area contributed by atoms with E-state index < -0.39 is 0 Å². The van der Waals surface area contributed by atoms with E-state index in [-0.39, 0.29) is 24.8 Å². The highest BCUT2D eigenvalue weighted by molar-refractivity contribution is 8.26. The molecule has 1 saturated heterocycles. The van der Waals surface area contributed by atoms with E-state index in [1.807, 2.05) is 24.3 Å². The van der Waals surface area contributed by atoms with Gasteiger partial charge in [0, 0.05) is 19.0 Å². The van der Waals surface area contributed by atoms with Gasteiger partial charge in [-0.2, -0.15) is 0 Å². The first-order chi connectivity index (χ1) is 13.1. The Kier molecular flexibility index (Phi) is 5.06. The van der Waals surface area contributed by atoms with Gasteiger partial charge in [0.2, 0.25) is 5.91 Å². The minimum Gasteiger partial charge on any atom is -0.465 e. The smallest absolute Gasteiger partial charge is 0.266 e. The number of para-hydroxylation sites is 1. The number of thiocarbonyl (C=S) groups is 1. The number of rotatable bonds is 5. The van der Waals surface area contributed by atoms with Gasteiger partial charge in [0.25, 0.3) is 5.91 Å². The molecule has 3 aromatic rings. The Balaban J connectivity index is 1.37. The molecule has 1 N–H and O–H groups in total. The number of anilines is 1. The summed E-state index contributed by atoms with van der Waals surface area (Å²) < 4.78 is 6.67. The van der Waals surface area contributed by atoms with Crippen LogP contribution in [0.3, 0.4) is 0 Å². The highest BCUT2D eigenvalue weighted by Gasteiger charge is 2.32. The SMILES string of the molecule is O=C(CCN1C(=O)/C(=C\c2ccco2)SC1=S)Nc1nc2ccccc2s1. The Labute approximate surface area is 168 Å². The van der Waals surface area contributed by atoms with Crippen LogP contribution in [0.4, 0.5) is 5.13 Å². The first-order valence-electron chi connectivity index (χ1n) is 8.04. The van der Waals surface area contributed by atoms with Crippen LogP contribution in [-0.4, -0.2) is 32.6 Å². The molecule has 9 heteroatoms. The van der Waals surface area contributed by atoms with Crippen LogP contribution in [0, 0.1) is 0 Å². The number of nitrogens with zero attached hydrogens (tertiary/aromatic N) is 2. The molecule has 0 spiro atoms. The average molecular weight is 416 g/mol. The third kappa shape index (κ3) is 3.95. The summed E-state index contributed by atoms with van der Waals surface area (Å²) in [6, 6.07) is 11.2. The lowest BCUT2D eigenvalue weighted by Crippen LogP contribution is -2.31. The highest BCUT2D eigenvalue weighted by Crippen LogP contribution is 2.32. The number of carbonyl (C=O) groups excluding carboxylic acids is 2. The third-order valence-corrected chi connectivity index (χ3v) is 6.12. The summed E-state index contributed by atoms with van der Waals surface area (Å²) in [5.41, 5.74) is 0.845. The summed E-state index contributed by atoms with van der Waals surface area (Å²) in [5.74, 6) is 0.163. The van der Waals surface area contributed by atoms with Crippen molar-refractivity contribution < 1.29 is 14.0 Å². The van der Waals surface area contributed by atoms with Gasteiger partial charge in [0.05, 0.1) is 21.4 Å². The Hall–Kier alpha value is -2.49. The Morgan fingerprint density at radius 2 is 2.15 bits per heavy atom. The van der Waals surface area contributed by atoms with Crippen molar-refractivity contribution in [3.05, 3.63) is 53.3 Å². The van der Waals surface area contributed by atoms with E-state index in [1.54, 1.807) is 24.5 Å². The Morgan fingerprint density at radius 1 is 1.30 bits per heavy atom. The van der Waals surface area contributed by atoms with Crippen molar-refractivity contribution in [3.63, 3.8) is 0 Å². The molecule has 0 bridgehead atoms. The van der Waals surface area contributed by atoms with Crippen LogP contribution in [0.2, 0.25) is 0 Å². The number of hydrogen-bond acceptors (Lipinski definition) is 7. The summed E-state index contributed by atoms with van der Waals surface area (Å²) in [4.78, 5) is 31.0. The predicted octanol–water partition coefficient (Wildman–Crippen LogP) is 4.12. The van der Waals surface area contributed by atoms with Gasteiger partial charge in [0.15, 0.2) is 5.13 Å². The molecular weight excluding hydrogens is 402 g/mol. The summed E-state index contributed by atoms with van der Waals surface area (Å²) >= 11 is 7.89. The van der Waals surface area contributed by atoms with Crippen LogP contribution in [0.5, 0.6) is 0 Å². The van der Waals surface area contributed by atoms with Crippen molar-refractivity contribution in [1.29, 1.82) is 0 Å². The molecule has 2 amide bonds. The molecule has 0 radical (unpaired) electrons. The fourth-order valence-electron chi connectivity index (χ4n) is 2.52. The number of thioether (sulfide) groups is 1. The van der Waals surface area contributed by atoms with E-state index in [9.17, 15) is 9.59 Å². The van der Waals surface area contributed by atoms with Crippen LogP contribution in [-0.2, 0) is 9.59 Å². The largest absolute Gasteiger partial charge is 0.465 e. The molecule has 0 saturated carbocycles. The molecular formula is C18H13N3O3S3. The molecule has 1 aliphatic rings. The lowest BCUT2D eigenvalue weighted by Gasteiger charge is -2.13. The van der Waals surface area contributed by atoms with Gasteiger partial charge >= 0.3 is 0 Å². The number of benzene rings is 1. The number of amides is 2. The summed E-state index contributed by atoms with van der Waals surface area (Å²) in [6.45, 7) is 0.219. The van der Waals surface area contributed by atoms with Crippen molar-refractivity contribution >= 4 is 72.9 Å². The molecule has 1 fully saturated rings. The maximum absolute atomic E-state index is 12.5. The number of hydrogen-bond donors (Lipinski definition) is 1. The normalized spacial score (nSPS) is 15.9. The number of fused-ring (bicyclic) bond motifs is 1. The Bertz CT molecular complexity index is 1020. The maximum atomic E-state index is 12.5. The topological polar surface area (TPSA) is 75.4 Å². The van der Waals surface area contributed by atoms with E-state index in [1.165, 1.54) is 28.0 Å². The number of aromatic nitrogens is 1. The van der Waals surface area contributed by atoms with Crippen LogP contribution in [0.25, 0.3) is 16.3 Å². The Morgan fingerprint density at radius 3 is 2.93 bits per heavy atom. The summed E-state index contributed by atoms with van der Waals surface area (Å²) in [7, 11) is 0. The first kappa shape index (κ1) is 17.9. The summed E-state index contributed by atoms with van der Waals surface area (Å²) in [6.07, 6.45) is 3.33. The van der Waals surface area contributed by atoms with Gasteiger partial charge in [-0.05, 0) is 24.3 Å². The lowest BCUT2D eigenvalue weighted by molar-refractivity contribution is -0.122. The average Bonchev–Trinajstić information content (AvgIpc) is 3.34. The van der Waals surface area contributed by atoms with Gasteiger partial charge in [-0.3, -0.25) is 14.5 Å². The van der Waals surface area contributed by atoms with Crippen LogP contribution in [0.1, 0.15) is 12.2 Å². The van der Waals surface area contributed by atoms with Crippen LogP contribution in [0.15, 0.2) is 52.0 Å². The fourth-order valence-corrected chi connectivity index (χ4v) is 4.69. The van der Waals surface area contributed by atoms with Crippen molar-refractivity contribution in [2.24, 2.45) is 0 Å². The molecule has 27 heavy (non-hydrogen) atoms. The zero-order valence-corrected chi connectivity index (χ0v) is 16.3. The zero-order chi connectivity index (χ0) is 18.8. The molecule has 0 atom stereocenters. The van der Waals surface area contributed by atoms with Gasteiger partial charge in [-0.1, -0.05) is 47.4 Å². The monoisotopic (exact) mass is 415 g/mol. The quantitative estimate of drug-likeness (QED) is 0.499. The number of carbonyl (C=O) groups is 2. The third-order valence-electron chi connectivity index (χ3n) is 3.79. The first-order valence-corrected chi connectivity index (χ1v) is 10.1. The van der Waals surface area contributed by atoms with E-state index in [0.717, 1.165) is 10.2 Å². The van der Waals surface area contributed by atoms with Gasteiger partial charge < -0.3 is 9.73 Å². The van der Waals surface area contributed by atoms with Gasteiger partial charge in [0.1, 0.15) is 10.1 Å². The minimum atomic E-state index is -0.214. The number of nitrogens with one attached hydrogen (secondary N) is 1. The van der Waals surface area contributed by atoms with Crippen molar-refractivity contribution in [2.75, 3.05) is 11.9 Å². The number of furan rings is 1. The van der Waals surface area contributed by atoms with Gasteiger partial charge in [-0.15, -0.1) is 0 Å². The zero-order valence-electron chi connectivity index (χ0n) is 13.9. The molecule has 0 aliphatic carbocycles. The molecule has 3 heterocycles. The minimum absolute atomic E-state index is 0.135. The van der Waals surface area contributed by atoms with Crippen molar-refractivity contribution in [3.8, 4) is 0 Å². The predicted molar refractivity (Wildman–Crippen MR) is 111 cm³/mol. The molecule has 1 aliphatic heterocycles. The highest BCUT2D eigenvalue weighted by atomic mass is 32.2. The van der Waals surface area contributed by atoms with E-state index in [4.69, 9.17) is 16.6 Å². The molecule has 1 aromatic carbocycles. The molecule has 0 unspecified atom stereocenters. The summed E-state index contributed by atoms with van der Waals surface area (Å²) in [5, 5.41) is 3.33. The molecule has 2 aromatic heterocycles. The van der Waals surface area contributed by atoms with Crippen LogP contribution < -0.4 is 5.32 Å². The van der Waals surface area contributed by atoms with E-state index in [2.05, 4.69) is 10.3 Å². The van der Waals surface area contributed by atoms with E-state index in [0.29, 0.717) is 20.1 Å². The fraction of sp³-hybridized carbons (Fsp3) is 0.111. The van der Waals surface area contributed by atoms with Crippen molar-refractivity contribution in [2.45, 2.75) is 6.42 Å². The van der Waals surface area contributed by atoms with Crippen molar-refractivity contribution in [1.82, 2.24) is 9.88 Å². The molecule has 136 valence electrons.